The molecule has 0 bridgehead atoms. The maximum atomic E-state index is 12.6. The van der Waals surface area contributed by atoms with Gasteiger partial charge in [0.25, 0.3) is 0 Å². The summed E-state index contributed by atoms with van der Waals surface area (Å²) in [6.07, 6.45) is 0.763. The van der Waals surface area contributed by atoms with Crippen LogP contribution in [0.5, 0.6) is 23.0 Å². The molecule has 2 aromatic carbocycles. The van der Waals surface area contributed by atoms with Crippen molar-refractivity contribution < 1.29 is 27.4 Å². The number of fused-ring (bicyclic) bond motifs is 2. The number of ether oxygens (including phenoxy) is 4. The second-order valence-electron chi connectivity index (χ2n) is 5.96. The van der Waals surface area contributed by atoms with Crippen LogP contribution in [0.4, 0.5) is 0 Å². The van der Waals surface area contributed by atoms with Crippen molar-refractivity contribution in [3.8, 4) is 23.0 Å². The fraction of sp³-hybridized carbons (Fsp3) is 0.333. The van der Waals surface area contributed by atoms with Gasteiger partial charge in [-0.25, -0.2) is 13.1 Å². The van der Waals surface area contributed by atoms with Crippen LogP contribution in [0.3, 0.4) is 0 Å². The Kier molecular flexibility index (Phi) is 4.60. The largest absolute Gasteiger partial charge is 0.490 e. The molecular formula is C18H19NO6S. The predicted molar refractivity (Wildman–Crippen MR) is 93.5 cm³/mol. The Bertz CT molecular complexity index is 912. The molecule has 4 rings (SSSR count). The third-order valence-electron chi connectivity index (χ3n) is 4.10. The van der Waals surface area contributed by atoms with Gasteiger partial charge in [-0.05, 0) is 29.8 Å². The molecule has 8 heteroatoms. The minimum Gasteiger partial charge on any atom is -0.490 e. The van der Waals surface area contributed by atoms with Crippen LogP contribution in [0, 0.1) is 0 Å². The Labute approximate surface area is 151 Å². The molecular weight excluding hydrogens is 358 g/mol. The molecule has 2 heterocycles. The van der Waals surface area contributed by atoms with E-state index in [0.29, 0.717) is 49.4 Å². The van der Waals surface area contributed by atoms with Crippen molar-refractivity contribution in [1.29, 1.82) is 0 Å². The van der Waals surface area contributed by atoms with Gasteiger partial charge in [0, 0.05) is 19.0 Å². The SMILES string of the molecule is O=S(=O)(NCc1ccc2c(c1)OCCO2)c1ccc2c(c1)OCCCO2. The third-order valence-corrected chi connectivity index (χ3v) is 5.50. The van der Waals surface area contributed by atoms with E-state index < -0.39 is 10.0 Å². The van der Waals surface area contributed by atoms with E-state index in [2.05, 4.69) is 4.72 Å². The standard InChI is InChI=1S/C18H19NO6S/c20-26(21,14-3-5-16-18(11-14)23-7-1-6-22-16)19-12-13-2-4-15-17(10-13)25-9-8-24-15/h2-5,10-11,19H,1,6-9,12H2. The molecule has 0 fully saturated rings. The maximum absolute atomic E-state index is 12.6. The highest BCUT2D eigenvalue weighted by molar-refractivity contribution is 7.89. The minimum absolute atomic E-state index is 0.138. The summed E-state index contributed by atoms with van der Waals surface area (Å²) in [6.45, 7) is 2.21. The molecule has 0 saturated carbocycles. The summed E-state index contributed by atoms with van der Waals surface area (Å²) in [4.78, 5) is 0.138. The van der Waals surface area contributed by atoms with Gasteiger partial charge in [-0.3, -0.25) is 0 Å². The summed E-state index contributed by atoms with van der Waals surface area (Å²) in [5.41, 5.74) is 0.784. The highest BCUT2D eigenvalue weighted by atomic mass is 32.2. The van der Waals surface area contributed by atoms with Crippen molar-refractivity contribution in [3.05, 3.63) is 42.0 Å². The molecule has 1 N–H and O–H groups in total. The average Bonchev–Trinajstić information content (AvgIpc) is 2.91. The zero-order valence-electron chi connectivity index (χ0n) is 14.1. The van der Waals surface area contributed by atoms with E-state index in [1.54, 1.807) is 18.2 Å². The molecule has 2 aliphatic rings. The van der Waals surface area contributed by atoms with Crippen molar-refractivity contribution in [3.63, 3.8) is 0 Å². The van der Waals surface area contributed by atoms with Crippen LogP contribution in [0.25, 0.3) is 0 Å². The van der Waals surface area contributed by atoms with E-state index in [0.717, 1.165) is 12.0 Å². The first-order valence-electron chi connectivity index (χ1n) is 8.40. The lowest BCUT2D eigenvalue weighted by Gasteiger charge is -2.19. The number of hydrogen-bond donors (Lipinski definition) is 1. The van der Waals surface area contributed by atoms with Crippen LogP contribution in [0.2, 0.25) is 0 Å². The predicted octanol–water partition coefficient (Wildman–Crippen LogP) is 2.10. The lowest BCUT2D eigenvalue weighted by molar-refractivity contribution is 0.171. The fourth-order valence-electron chi connectivity index (χ4n) is 2.77. The van der Waals surface area contributed by atoms with Crippen molar-refractivity contribution >= 4 is 10.0 Å². The van der Waals surface area contributed by atoms with Gasteiger partial charge >= 0.3 is 0 Å². The number of sulfonamides is 1. The molecule has 0 saturated heterocycles. The maximum Gasteiger partial charge on any atom is 0.241 e. The number of benzene rings is 2. The Hall–Kier alpha value is -2.45. The van der Waals surface area contributed by atoms with Crippen LogP contribution in [-0.4, -0.2) is 34.8 Å². The van der Waals surface area contributed by atoms with Crippen molar-refractivity contribution in [2.75, 3.05) is 26.4 Å². The third kappa shape index (κ3) is 3.56. The topological polar surface area (TPSA) is 83.1 Å². The molecule has 0 amide bonds. The lowest BCUT2D eigenvalue weighted by atomic mass is 10.2. The zero-order chi connectivity index (χ0) is 18.0. The summed E-state index contributed by atoms with van der Waals surface area (Å²) in [5.74, 6) is 2.31. The van der Waals surface area contributed by atoms with E-state index in [4.69, 9.17) is 18.9 Å². The first-order valence-corrected chi connectivity index (χ1v) is 9.88. The molecule has 0 spiro atoms. The van der Waals surface area contributed by atoms with Crippen molar-refractivity contribution in [2.45, 2.75) is 17.9 Å². The van der Waals surface area contributed by atoms with E-state index in [1.165, 1.54) is 12.1 Å². The van der Waals surface area contributed by atoms with Crippen molar-refractivity contribution in [1.82, 2.24) is 4.72 Å². The smallest absolute Gasteiger partial charge is 0.241 e. The first kappa shape index (κ1) is 17.0. The quantitative estimate of drug-likeness (QED) is 0.879. The van der Waals surface area contributed by atoms with Crippen LogP contribution in [0.1, 0.15) is 12.0 Å². The number of nitrogens with one attached hydrogen (secondary N) is 1. The Balaban J connectivity index is 1.50. The zero-order valence-corrected chi connectivity index (χ0v) is 14.9. The minimum atomic E-state index is -3.68. The highest BCUT2D eigenvalue weighted by Crippen LogP contribution is 2.33. The molecule has 7 nitrogen and oxygen atoms in total. The second kappa shape index (κ2) is 7.05. The van der Waals surface area contributed by atoms with E-state index >= 15 is 0 Å². The van der Waals surface area contributed by atoms with Gasteiger partial charge in [0.1, 0.15) is 13.2 Å². The monoisotopic (exact) mass is 377 g/mol. The average molecular weight is 377 g/mol. The molecule has 2 aliphatic heterocycles. The molecule has 26 heavy (non-hydrogen) atoms. The summed E-state index contributed by atoms with van der Waals surface area (Å²) in [5, 5.41) is 0. The number of rotatable bonds is 4. The van der Waals surface area contributed by atoms with Gasteiger partial charge in [-0.1, -0.05) is 6.07 Å². The molecule has 0 unspecified atom stereocenters. The lowest BCUT2D eigenvalue weighted by Crippen LogP contribution is -2.23. The van der Waals surface area contributed by atoms with Crippen LogP contribution >= 0.6 is 0 Å². The Morgan fingerprint density at radius 3 is 2.19 bits per heavy atom. The molecule has 0 radical (unpaired) electrons. The van der Waals surface area contributed by atoms with E-state index in [9.17, 15) is 8.42 Å². The van der Waals surface area contributed by atoms with E-state index in [1.807, 2.05) is 6.07 Å². The molecule has 0 aromatic heterocycles. The Morgan fingerprint density at radius 1 is 0.769 bits per heavy atom. The normalized spacial score (nSPS) is 16.0. The van der Waals surface area contributed by atoms with Crippen LogP contribution < -0.4 is 23.7 Å². The summed E-state index contributed by atoms with van der Waals surface area (Å²) in [7, 11) is -3.68. The Morgan fingerprint density at radius 2 is 1.38 bits per heavy atom. The fourth-order valence-corrected chi connectivity index (χ4v) is 3.80. The van der Waals surface area contributed by atoms with Gasteiger partial charge < -0.3 is 18.9 Å². The first-order chi connectivity index (χ1) is 12.6. The van der Waals surface area contributed by atoms with Gasteiger partial charge in [-0.2, -0.15) is 0 Å². The van der Waals surface area contributed by atoms with Gasteiger partial charge in [0.15, 0.2) is 23.0 Å². The van der Waals surface area contributed by atoms with Gasteiger partial charge in [0.2, 0.25) is 10.0 Å². The van der Waals surface area contributed by atoms with Crippen LogP contribution in [0.15, 0.2) is 41.3 Å². The van der Waals surface area contributed by atoms with Crippen molar-refractivity contribution in [2.24, 2.45) is 0 Å². The summed E-state index contributed by atoms with van der Waals surface area (Å²) >= 11 is 0. The second-order valence-corrected chi connectivity index (χ2v) is 7.73. The molecule has 138 valence electrons. The number of hydrogen-bond acceptors (Lipinski definition) is 6. The molecule has 0 atom stereocenters. The van der Waals surface area contributed by atoms with E-state index in [-0.39, 0.29) is 11.4 Å². The van der Waals surface area contributed by atoms with Gasteiger partial charge in [0.05, 0.1) is 18.1 Å². The van der Waals surface area contributed by atoms with Crippen LogP contribution in [-0.2, 0) is 16.6 Å². The summed E-state index contributed by atoms with van der Waals surface area (Å²) < 4.78 is 49.9. The summed E-state index contributed by atoms with van der Waals surface area (Å²) in [6, 6.07) is 10.0. The van der Waals surface area contributed by atoms with Gasteiger partial charge in [-0.15, -0.1) is 0 Å². The molecule has 2 aromatic rings. The molecule has 0 aliphatic carbocycles. The highest BCUT2D eigenvalue weighted by Gasteiger charge is 2.19.